The zero-order valence-electron chi connectivity index (χ0n) is 7.08. The first kappa shape index (κ1) is 7.55. The average molecular weight is 163 g/mol. The Hall–Kier alpha value is -1.09. The van der Waals surface area contributed by atoms with Crippen molar-refractivity contribution in [3.05, 3.63) is 30.4 Å². The minimum Gasteiger partial charge on any atom is -0.330 e. The number of imidazole rings is 1. The predicted octanol–water partition coefficient (Wildman–Crippen LogP) is 0.715. The number of fused-ring (bicyclic) bond motifs is 1. The molecule has 3 heteroatoms. The van der Waals surface area contributed by atoms with Crippen molar-refractivity contribution < 1.29 is 0 Å². The third-order valence-electron chi connectivity index (χ3n) is 2.19. The third-order valence-corrected chi connectivity index (χ3v) is 2.19. The van der Waals surface area contributed by atoms with E-state index in [0.717, 1.165) is 26.1 Å². The zero-order valence-corrected chi connectivity index (χ0v) is 7.08. The van der Waals surface area contributed by atoms with Crippen molar-refractivity contribution >= 4 is 0 Å². The molecular weight excluding hydrogens is 150 g/mol. The van der Waals surface area contributed by atoms with E-state index in [1.165, 1.54) is 11.4 Å². The Balaban J connectivity index is 2.31. The summed E-state index contributed by atoms with van der Waals surface area (Å²) in [7, 11) is 0. The molecule has 0 radical (unpaired) electrons. The molecule has 0 fully saturated rings. The van der Waals surface area contributed by atoms with Crippen molar-refractivity contribution in [2.45, 2.75) is 19.5 Å². The molecular formula is C9H13N3. The van der Waals surface area contributed by atoms with Gasteiger partial charge < -0.3 is 9.88 Å². The summed E-state index contributed by atoms with van der Waals surface area (Å²) in [5.41, 5.74) is 2.57. The van der Waals surface area contributed by atoms with Gasteiger partial charge in [-0.15, -0.1) is 6.58 Å². The molecule has 0 saturated heterocycles. The minimum atomic E-state index is 0.877. The molecule has 64 valence electrons. The van der Waals surface area contributed by atoms with E-state index < -0.39 is 0 Å². The van der Waals surface area contributed by atoms with E-state index in [2.05, 4.69) is 21.4 Å². The average Bonchev–Trinajstić information content (AvgIpc) is 2.50. The highest BCUT2D eigenvalue weighted by Gasteiger charge is 2.13. The fraction of sp³-hybridized carbons (Fsp3) is 0.444. The molecule has 0 saturated carbocycles. The first-order valence-electron chi connectivity index (χ1n) is 4.26. The van der Waals surface area contributed by atoms with E-state index in [4.69, 9.17) is 0 Å². The molecule has 1 N–H and O–H groups in total. The van der Waals surface area contributed by atoms with Gasteiger partial charge in [-0.05, 0) is 0 Å². The van der Waals surface area contributed by atoms with Gasteiger partial charge >= 0.3 is 0 Å². The van der Waals surface area contributed by atoms with Crippen LogP contribution in [0.1, 0.15) is 11.4 Å². The molecule has 0 aliphatic carbocycles. The Morgan fingerprint density at radius 2 is 2.67 bits per heavy atom. The van der Waals surface area contributed by atoms with E-state index in [9.17, 15) is 0 Å². The quantitative estimate of drug-likeness (QED) is 0.651. The van der Waals surface area contributed by atoms with Crippen LogP contribution in [0.4, 0.5) is 0 Å². The van der Waals surface area contributed by atoms with Crippen molar-refractivity contribution in [3.8, 4) is 0 Å². The summed E-state index contributed by atoms with van der Waals surface area (Å²) in [6, 6.07) is 0. The second-order valence-electron chi connectivity index (χ2n) is 3.01. The number of allylic oxidation sites excluding steroid dienone is 1. The molecule has 0 amide bonds. The summed E-state index contributed by atoms with van der Waals surface area (Å²) in [4.78, 5) is 4.33. The maximum absolute atomic E-state index is 4.33. The Bertz CT molecular complexity index is 288. The van der Waals surface area contributed by atoms with Crippen LogP contribution < -0.4 is 5.32 Å². The lowest BCUT2D eigenvalue weighted by Crippen LogP contribution is -2.24. The van der Waals surface area contributed by atoms with Gasteiger partial charge in [0.05, 0.1) is 12.0 Å². The van der Waals surface area contributed by atoms with Gasteiger partial charge in [0, 0.05) is 31.7 Å². The number of hydrogen-bond donors (Lipinski definition) is 1. The summed E-state index contributed by atoms with van der Waals surface area (Å²) in [5, 5.41) is 3.29. The molecule has 12 heavy (non-hydrogen) atoms. The third kappa shape index (κ3) is 1.16. The minimum absolute atomic E-state index is 0.877. The Kier molecular flexibility index (Phi) is 1.96. The van der Waals surface area contributed by atoms with Gasteiger partial charge in [-0.2, -0.15) is 0 Å². The molecule has 0 bridgehead atoms. The van der Waals surface area contributed by atoms with E-state index >= 15 is 0 Å². The van der Waals surface area contributed by atoms with Crippen LogP contribution in [0.25, 0.3) is 0 Å². The van der Waals surface area contributed by atoms with Gasteiger partial charge in [-0.25, -0.2) is 4.98 Å². The largest absolute Gasteiger partial charge is 0.330 e. The molecule has 2 rings (SSSR count). The zero-order chi connectivity index (χ0) is 8.39. The highest BCUT2D eigenvalue weighted by atomic mass is 15.1. The number of rotatable bonds is 2. The van der Waals surface area contributed by atoms with Crippen LogP contribution in [0.3, 0.4) is 0 Å². The van der Waals surface area contributed by atoms with Crippen LogP contribution in [0.5, 0.6) is 0 Å². The predicted molar refractivity (Wildman–Crippen MR) is 47.8 cm³/mol. The van der Waals surface area contributed by atoms with Gasteiger partial charge in [0.25, 0.3) is 0 Å². The Labute approximate surface area is 72.1 Å². The molecule has 1 aromatic rings. The van der Waals surface area contributed by atoms with Crippen LogP contribution in [0.2, 0.25) is 0 Å². The van der Waals surface area contributed by atoms with Crippen molar-refractivity contribution in [2.24, 2.45) is 0 Å². The van der Waals surface area contributed by atoms with Crippen LogP contribution in [-0.4, -0.2) is 16.1 Å². The lowest BCUT2D eigenvalue weighted by Gasteiger charge is -2.13. The smallest absolute Gasteiger partial charge is 0.0955 e. The number of nitrogens with one attached hydrogen (secondary N) is 1. The monoisotopic (exact) mass is 163 g/mol. The topological polar surface area (TPSA) is 29.9 Å². The molecule has 3 nitrogen and oxygen atoms in total. The van der Waals surface area contributed by atoms with Crippen LogP contribution in [0.15, 0.2) is 19.0 Å². The summed E-state index contributed by atoms with van der Waals surface area (Å²) in [5.74, 6) is 0. The fourth-order valence-electron chi connectivity index (χ4n) is 1.59. The van der Waals surface area contributed by atoms with Crippen LogP contribution in [0, 0.1) is 0 Å². The second kappa shape index (κ2) is 3.11. The Morgan fingerprint density at radius 1 is 1.75 bits per heavy atom. The highest BCUT2D eigenvalue weighted by Crippen LogP contribution is 2.11. The summed E-state index contributed by atoms with van der Waals surface area (Å²) in [6.45, 7) is 6.58. The van der Waals surface area contributed by atoms with Crippen LogP contribution >= 0.6 is 0 Å². The molecule has 2 heterocycles. The summed E-state index contributed by atoms with van der Waals surface area (Å²) < 4.78 is 2.17. The van der Waals surface area contributed by atoms with Crippen molar-refractivity contribution in [1.82, 2.24) is 14.9 Å². The second-order valence-corrected chi connectivity index (χ2v) is 3.01. The van der Waals surface area contributed by atoms with Crippen molar-refractivity contribution in [2.75, 3.05) is 6.54 Å². The fourth-order valence-corrected chi connectivity index (χ4v) is 1.59. The van der Waals surface area contributed by atoms with Crippen molar-refractivity contribution in [1.29, 1.82) is 0 Å². The van der Waals surface area contributed by atoms with Gasteiger partial charge in [-0.1, -0.05) is 6.08 Å². The summed E-state index contributed by atoms with van der Waals surface area (Å²) in [6.07, 6.45) is 4.90. The summed E-state index contributed by atoms with van der Waals surface area (Å²) >= 11 is 0. The number of hydrogen-bond acceptors (Lipinski definition) is 2. The number of nitrogens with zero attached hydrogens (tertiary/aromatic N) is 2. The van der Waals surface area contributed by atoms with E-state index in [-0.39, 0.29) is 0 Å². The lowest BCUT2D eigenvalue weighted by atomic mass is 10.2. The molecule has 1 aliphatic heterocycles. The lowest BCUT2D eigenvalue weighted by molar-refractivity contribution is 0.604. The van der Waals surface area contributed by atoms with Crippen molar-refractivity contribution in [3.63, 3.8) is 0 Å². The molecule has 0 spiro atoms. The first-order valence-corrected chi connectivity index (χ1v) is 4.26. The number of aromatic nitrogens is 2. The maximum Gasteiger partial charge on any atom is 0.0955 e. The van der Waals surface area contributed by atoms with E-state index in [0.29, 0.717) is 0 Å². The maximum atomic E-state index is 4.33. The standard InChI is InChI=1S/C9H13N3/c1-2-5-12-7-11-8-6-10-4-3-9(8)12/h2,7,10H,1,3-6H2. The van der Waals surface area contributed by atoms with Gasteiger partial charge in [-0.3, -0.25) is 0 Å². The highest BCUT2D eigenvalue weighted by molar-refractivity contribution is 5.16. The molecule has 0 atom stereocenters. The normalized spacial score (nSPS) is 15.7. The molecule has 1 aliphatic rings. The van der Waals surface area contributed by atoms with Gasteiger partial charge in [0.1, 0.15) is 0 Å². The van der Waals surface area contributed by atoms with Gasteiger partial charge in [0.15, 0.2) is 0 Å². The van der Waals surface area contributed by atoms with Crippen LogP contribution in [-0.2, 0) is 19.5 Å². The van der Waals surface area contributed by atoms with Gasteiger partial charge in [0.2, 0.25) is 0 Å². The first-order chi connectivity index (χ1) is 5.92. The SMILES string of the molecule is C=CCn1cnc2c1CCNC2. The van der Waals surface area contributed by atoms with E-state index in [1.54, 1.807) is 0 Å². The molecule has 1 aromatic heterocycles. The molecule has 0 aromatic carbocycles. The van der Waals surface area contributed by atoms with E-state index in [1.807, 2.05) is 12.4 Å². The molecule has 0 unspecified atom stereocenters. The Morgan fingerprint density at radius 3 is 3.50 bits per heavy atom.